The van der Waals surface area contributed by atoms with Crippen molar-refractivity contribution in [3.05, 3.63) is 42.0 Å². The van der Waals surface area contributed by atoms with Gasteiger partial charge in [-0.15, -0.1) is 0 Å². The van der Waals surface area contributed by atoms with Crippen LogP contribution in [-0.4, -0.2) is 19.2 Å². The molecule has 0 saturated carbocycles. The molecule has 2 aromatic rings. The van der Waals surface area contributed by atoms with E-state index in [-0.39, 0.29) is 6.61 Å². The Kier molecular flexibility index (Phi) is 2.60. The first-order valence-electron chi connectivity index (χ1n) is 5.03. The lowest BCUT2D eigenvalue weighted by Gasteiger charge is -2.16. The Morgan fingerprint density at radius 2 is 1.67 bits per heavy atom. The van der Waals surface area contributed by atoms with E-state index < -0.39 is 0 Å². The number of nitrogens with zero attached hydrogens (tertiary/aromatic N) is 1. The highest BCUT2D eigenvalue weighted by atomic mass is 16.3. The van der Waals surface area contributed by atoms with Crippen LogP contribution in [0, 0.1) is 0 Å². The van der Waals surface area contributed by atoms with Crippen molar-refractivity contribution in [2.45, 2.75) is 6.61 Å². The second-order valence-electron chi connectivity index (χ2n) is 3.84. The quantitative estimate of drug-likeness (QED) is 0.806. The summed E-state index contributed by atoms with van der Waals surface area (Å²) in [5.74, 6) is 0. The number of fused-ring (bicyclic) bond motifs is 1. The first-order valence-corrected chi connectivity index (χ1v) is 5.03. The lowest BCUT2D eigenvalue weighted by Crippen LogP contribution is -2.09. The second kappa shape index (κ2) is 3.91. The Bertz CT molecular complexity index is 477. The van der Waals surface area contributed by atoms with Gasteiger partial charge in [0.15, 0.2) is 0 Å². The fourth-order valence-electron chi connectivity index (χ4n) is 1.89. The van der Waals surface area contributed by atoms with Gasteiger partial charge < -0.3 is 10.0 Å². The van der Waals surface area contributed by atoms with E-state index in [4.69, 9.17) is 0 Å². The Hall–Kier alpha value is -1.54. The normalized spacial score (nSPS) is 10.6. The highest BCUT2D eigenvalue weighted by Crippen LogP contribution is 2.27. The molecule has 0 spiro atoms. The molecular formula is C13H15NO. The molecule has 2 nitrogen and oxygen atoms in total. The highest BCUT2D eigenvalue weighted by molar-refractivity contribution is 5.96. The summed E-state index contributed by atoms with van der Waals surface area (Å²) in [6.07, 6.45) is 0. The van der Waals surface area contributed by atoms with Crippen molar-refractivity contribution in [1.29, 1.82) is 0 Å². The first-order chi connectivity index (χ1) is 7.24. The molecule has 2 aromatic carbocycles. The summed E-state index contributed by atoms with van der Waals surface area (Å²) in [5.41, 5.74) is 2.17. The highest BCUT2D eigenvalue weighted by Gasteiger charge is 2.04. The van der Waals surface area contributed by atoms with E-state index in [1.54, 1.807) is 0 Å². The Labute approximate surface area is 89.8 Å². The van der Waals surface area contributed by atoms with Gasteiger partial charge in [0.05, 0.1) is 6.61 Å². The van der Waals surface area contributed by atoms with Crippen molar-refractivity contribution in [1.82, 2.24) is 0 Å². The van der Waals surface area contributed by atoms with Crippen LogP contribution in [0.5, 0.6) is 0 Å². The molecule has 1 N–H and O–H groups in total. The molecular weight excluding hydrogens is 186 g/mol. The molecule has 0 aliphatic rings. The third kappa shape index (κ3) is 1.68. The van der Waals surface area contributed by atoms with Crippen LogP contribution < -0.4 is 4.90 Å². The van der Waals surface area contributed by atoms with Crippen molar-refractivity contribution < 1.29 is 5.11 Å². The molecule has 2 heteroatoms. The minimum absolute atomic E-state index is 0.0915. The largest absolute Gasteiger partial charge is 0.392 e. The number of rotatable bonds is 2. The minimum Gasteiger partial charge on any atom is -0.392 e. The van der Waals surface area contributed by atoms with Gasteiger partial charge in [-0.2, -0.15) is 0 Å². The zero-order valence-corrected chi connectivity index (χ0v) is 9.07. The number of hydrogen-bond donors (Lipinski definition) is 1. The lowest BCUT2D eigenvalue weighted by molar-refractivity contribution is 0.283. The van der Waals surface area contributed by atoms with Gasteiger partial charge in [0.25, 0.3) is 0 Å². The average molecular weight is 201 g/mol. The van der Waals surface area contributed by atoms with E-state index in [2.05, 4.69) is 17.0 Å². The number of benzene rings is 2. The fourth-order valence-corrected chi connectivity index (χ4v) is 1.89. The van der Waals surface area contributed by atoms with Crippen LogP contribution in [0.15, 0.2) is 36.4 Å². The summed E-state index contributed by atoms with van der Waals surface area (Å²) in [7, 11) is 4.06. The van der Waals surface area contributed by atoms with Crippen molar-refractivity contribution >= 4 is 16.5 Å². The van der Waals surface area contributed by atoms with Crippen molar-refractivity contribution in [3.63, 3.8) is 0 Å². The smallest absolute Gasteiger partial charge is 0.0687 e. The maximum absolute atomic E-state index is 9.25. The molecule has 0 saturated heterocycles. The fraction of sp³-hybridized carbons (Fsp3) is 0.231. The molecule has 0 aliphatic carbocycles. The van der Waals surface area contributed by atoms with Gasteiger partial charge in [-0.1, -0.05) is 30.3 Å². The molecule has 0 radical (unpaired) electrons. The SMILES string of the molecule is CN(C)c1cccc2c(CO)cccc12. The summed E-state index contributed by atoms with van der Waals surface area (Å²) >= 11 is 0. The standard InChI is InChI=1S/C13H15NO/c1-14(2)13-8-4-6-11-10(9-15)5-3-7-12(11)13/h3-8,15H,9H2,1-2H3. The molecule has 0 amide bonds. The van der Waals surface area contributed by atoms with E-state index in [0.29, 0.717) is 0 Å². The number of hydrogen-bond acceptors (Lipinski definition) is 2. The van der Waals surface area contributed by atoms with Crippen molar-refractivity contribution in [2.75, 3.05) is 19.0 Å². The molecule has 0 aliphatic heterocycles. The molecule has 0 aromatic heterocycles. The summed E-state index contributed by atoms with van der Waals surface area (Å²) in [4.78, 5) is 2.09. The van der Waals surface area contributed by atoms with E-state index in [9.17, 15) is 5.11 Å². The van der Waals surface area contributed by atoms with Gasteiger partial charge in [0.1, 0.15) is 0 Å². The molecule has 0 fully saturated rings. The van der Waals surface area contributed by atoms with Gasteiger partial charge in [-0.05, 0) is 17.0 Å². The van der Waals surface area contributed by atoms with Crippen LogP contribution in [0.1, 0.15) is 5.56 Å². The molecule has 0 heterocycles. The monoisotopic (exact) mass is 201 g/mol. The first kappa shape index (κ1) is 9.99. The summed E-state index contributed by atoms with van der Waals surface area (Å²) in [5, 5.41) is 11.6. The van der Waals surface area contributed by atoms with Gasteiger partial charge in [-0.25, -0.2) is 0 Å². The molecule has 78 valence electrons. The predicted molar refractivity (Wildman–Crippen MR) is 64.2 cm³/mol. The van der Waals surface area contributed by atoms with Gasteiger partial charge >= 0.3 is 0 Å². The predicted octanol–water partition coefficient (Wildman–Crippen LogP) is 2.40. The maximum Gasteiger partial charge on any atom is 0.0687 e. The molecule has 2 rings (SSSR count). The van der Waals surface area contributed by atoms with E-state index in [0.717, 1.165) is 10.9 Å². The maximum atomic E-state index is 9.25. The Balaban J connectivity index is 2.76. The van der Waals surface area contributed by atoms with Crippen LogP contribution in [0.25, 0.3) is 10.8 Å². The van der Waals surface area contributed by atoms with Crippen LogP contribution >= 0.6 is 0 Å². The van der Waals surface area contributed by atoms with Crippen LogP contribution in [-0.2, 0) is 6.61 Å². The molecule has 0 bridgehead atoms. The Morgan fingerprint density at radius 1 is 1.00 bits per heavy atom. The van der Waals surface area contributed by atoms with E-state index in [1.807, 2.05) is 38.4 Å². The minimum atomic E-state index is 0.0915. The van der Waals surface area contributed by atoms with Crippen molar-refractivity contribution in [2.24, 2.45) is 0 Å². The third-order valence-electron chi connectivity index (χ3n) is 2.64. The van der Waals surface area contributed by atoms with Crippen LogP contribution in [0.2, 0.25) is 0 Å². The summed E-state index contributed by atoms with van der Waals surface area (Å²) in [6.45, 7) is 0.0915. The molecule has 0 unspecified atom stereocenters. The number of aliphatic hydroxyl groups is 1. The zero-order valence-electron chi connectivity index (χ0n) is 9.07. The average Bonchev–Trinajstić information content (AvgIpc) is 2.27. The molecule has 0 atom stereocenters. The van der Waals surface area contributed by atoms with Crippen LogP contribution in [0.3, 0.4) is 0 Å². The van der Waals surface area contributed by atoms with Crippen LogP contribution in [0.4, 0.5) is 5.69 Å². The van der Waals surface area contributed by atoms with Crippen molar-refractivity contribution in [3.8, 4) is 0 Å². The number of anilines is 1. The molecule has 15 heavy (non-hydrogen) atoms. The lowest BCUT2D eigenvalue weighted by atomic mass is 10.0. The summed E-state index contributed by atoms with van der Waals surface area (Å²) in [6, 6.07) is 12.2. The topological polar surface area (TPSA) is 23.5 Å². The van der Waals surface area contributed by atoms with Gasteiger partial charge in [0.2, 0.25) is 0 Å². The Morgan fingerprint density at radius 3 is 2.33 bits per heavy atom. The van der Waals surface area contributed by atoms with Gasteiger partial charge in [0, 0.05) is 25.2 Å². The summed E-state index contributed by atoms with van der Waals surface area (Å²) < 4.78 is 0. The zero-order chi connectivity index (χ0) is 10.8. The van der Waals surface area contributed by atoms with E-state index >= 15 is 0 Å². The van der Waals surface area contributed by atoms with Gasteiger partial charge in [-0.3, -0.25) is 0 Å². The third-order valence-corrected chi connectivity index (χ3v) is 2.64. The number of aliphatic hydroxyl groups excluding tert-OH is 1. The van der Waals surface area contributed by atoms with E-state index in [1.165, 1.54) is 11.1 Å². The second-order valence-corrected chi connectivity index (χ2v) is 3.84.